The van der Waals surface area contributed by atoms with Crippen molar-refractivity contribution in [2.24, 2.45) is 0 Å². The number of rotatable bonds is 3. The second-order valence-corrected chi connectivity index (χ2v) is 8.07. The first-order valence-corrected chi connectivity index (χ1v) is 9.42. The highest BCUT2D eigenvalue weighted by Crippen LogP contribution is 2.47. The van der Waals surface area contributed by atoms with Crippen LogP contribution in [0.5, 0.6) is 0 Å². The number of methoxy groups -OCH3 is 1. The fraction of sp³-hybridized carbons (Fsp3) is 0.333. The molecule has 0 radical (unpaired) electrons. The molecule has 2 aromatic carbocycles. The Kier molecular flexibility index (Phi) is 4.54. The van der Waals surface area contributed by atoms with Crippen LogP contribution in [0.2, 0.25) is 0 Å². The minimum atomic E-state index is -4.09. The first-order chi connectivity index (χ1) is 12.1. The lowest BCUT2D eigenvalue weighted by Gasteiger charge is -2.33. The molecule has 0 spiro atoms. The number of benzene rings is 2. The van der Waals surface area contributed by atoms with Gasteiger partial charge in [-0.05, 0) is 25.1 Å². The van der Waals surface area contributed by atoms with Crippen LogP contribution in [0.3, 0.4) is 0 Å². The Morgan fingerprint density at radius 2 is 1.73 bits per heavy atom. The van der Waals surface area contributed by atoms with Crippen molar-refractivity contribution in [3.63, 3.8) is 0 Å². The molecule has 26 heavy (non-hydrogen) atoms. The number of nitrogens with zero attached hydrogens (tertiary/aromatic N) is 1. The highest BCUT2D eigenvalue weighted by molar-refractivity contribution is 7.92. The van der Waals surface area contributed by atoms with Gasteiger partial charge in [0.05, 0.1) is 10.6 Å². The Hall–Kier alpha value is -2.03. The molecule has 0 aliphatic carbocycles. The molecule has 5 nitrogen and oxygen atoms in total. The van der Waals surface area contributed by atoms with Gasteiger partial charge in [0.2, 0.25) is 0 Å². The van der Waals surface area contributed by atoms with Gasteiger partial charge in [0.25, 0.3) is 15.8 Å². The van der Waals surface area contributed by atoms with Crippen LogP contribution in [0.4, 0.5) is 14.5 Å². The molecule has 0 saturated heterocycles. The van der Waals surface area contributed by atoms with E-state index in [2.05, 4.69) is 0 Å². The highest BCUT2D eigenvalue weighted by Gasteiger charge is 2.58. The van der Waals surface area contributed by atoms with Gasteiger partial charge in [-0.3, -0.25) is 4.31 Å². The molecule has 8 heteroatoms. The van der Waals surface area contributed by atoms with Crippen LogP contribution in [0.25, 0.3) is 0 Å². The van der Waals surface area contributed by atoms with E-state index in [0.717, 1.165) is 17.0 Å². The molecule has 1 N–H and O–H groups in total. The van der Waals surface area contributed by atoms with Crippen molar-refractivity contribution in [2.45, 2.75) is 29.9 Å². The Bertz CT molecular complexity index is 915. The number of fused-ring (bicyclic) bond motifs is 1. The smallest absolute Gasteiger partial charge is 0.307 e. The minimum Gasteiger partial charge on any atom is -0.357 e. The van der Waals surface area contributed by atoms with Gasteiger partial charge in [-0.2, -0.15) is 0 Å². The molecule has 0 amide bonds. The van der Waals surface area contributed by atoms with Crippen LogP contribution in [0.15, 0.2) is 53.4 Å². The summed E-state index contributed by atoms with van der Waals surface area (Å²) in [6, 6.07) is 11.7. The van der Waals surface area contributed by atoms with Gasteiger partial charge in [-0.15, -0.1) is 0 Å². The van der Waals surface area contributed by atoms with Crippen molar-refractivity contribution in [3.05, 3.63) is 59.7 Å². The molecule has 0 bridgehead atoms. The minimum absolute atomic E-state index is 0.0101. The van der Waals surface area contributed by atoms with Crippen LogP contribution >= 0.6 is 0 Å². The monoisotopic (exact) mass is 383 g/mol. The molecule has 2 aromatic rings. The third-order valence-electron chi connectivity index (χ3n) is 4.57. The maximum atomic E-state index is 14.6. The van der Waals surface area contributed by atoms with Gasteiger partial charge in [-0.1, -0.05) is 35.9 Å². The lowest BCUT2D eigenvalue weighted by molar-refractivity contribution is -0.317. The first-order valence-electron chi connectivity index (χ1n) is 7.98. The van der Waals surface area contributed by atoms with E-state index in [-0.39, 0.29) is 16.1 Å². The summed E-state index contributed by atoms with van der Waals surface area (Å²) in [4.78, 5) is -0.0101. The number of halogens is 2. The molecule has 140 valence electrons. The Balaban J connectivity index is 2.20. The summed E-state index contributed by atoms with van der Waals surface area (Å²) < 4.78 is 61.1. The fourth-order valence-corrected chi connectivity index (χ4v) is 4.54. The number of hydrogen-bond acceptors (Lipinski definition) is 4. The zero-order valence-electron chi connectivity index (χ0n) is 14.3. The van der Waals surface area contributed by atoms with Crippen molar-refractivity contribution < 1.29 is 27.0 Å². The van der Waals surface area contributed by atoms with Gasteiger partial charge in [-0.25, -0.2) is 17.2 Å². The van der Waals surface area contributed by atoms with Crippen molar-refractivity contribution in [1.82, 2.24) is 0 Å². The standard InChI is InChI=1S/C18H19F2NO4S/c1-13-7-9-14(10-8-13)26(23,24)21-12-11-17(19,20)18(22,25-2)15-5-3-4-6-16(15)21/h3-10,22H,11-12H2,1-2H3. The van der Waals surface area contributed by atoms with Gasteiger partial charge in [0.1, 0.15) is 0 Å². The molecule has 1 heterocycles. The second kappa shape index (κ2) is 6.29. The summed E-state index contributed by atoms with van der Waals surface area (Å²) in [5.74, 6) is -6.59. The van der Waals surface area contributed by atoms with Crippen LogP contribution in [-0.2, 0) is 20.5 Å². The van der Waals surface area contributed by atoms with Gasteiger partial charge in [0, 0.05) is 25.6 Å². The highest BCUT2D eigenvalue weighted by atomic mass is 32.2. The second-order valence-electron chi connectivity index (χ2n) is 6.21. The predicted octanol–water partition coefficient (Wildman–Crippen LogP) is 3.02. The van der Waals surface area contributed by atoms with Crippen molar-refractivity contribution in [1.29, 1.82) is 0 Å². The number of aryl methyl sites for hydroxylation is 1. The predicted molar refractivity (Wildman–Crippen MR) is 92.6 cm³/mol. The Labute approximate surface area is 150 Å². The third kappa shape index (κ3) is 2.78. The van der Waals surface area contributed by atoms with E-state index in [1.807, 2.05) is 6.92 Å². The SMILES string of the molecule is COC1(O)c2ccccc2N(S(=O)(=O)c2ccc(C)cc2)CCC1(F)F. The quantitative estimate of drug-likeness (QED) is 0.828. The average molecular weight is 383 g/mol. The summed E-state index contributed by atoms with van der Waals surface area (Å²) in [7, 11) is -3.12. The molecule has 1 atom stereocenters. The molecule has 1 unspecified atom stereocenters. The number of para-hydroxylation sites is 1. The molecular weight excluding hydrogens is 364 g/mol. The molecule has 1 aliphatic heterocycles. The van der Waals surface area contributed by atoms with Crippen molar-refractivity contribution in [3.8, 4) is 0 Å². The van der Waals surface area contributed by atoms with Gasteiger partial charge in [0.15, 0.2) is 0 Å². The maximum Gasteiger partial charge on any atom is 0.307 e. The lowest BCUT2D eigenvalue weighted by atomic mass is 9.97. The molecule has 0 aromatic heterocycles. The molecule has 0 fully saturated rings. The van der Waals surface area contributed by atoms with Crippen molar-refractivity contribution >= 4 is 15.7 Å². The Morgan fingerprint density at radius 1 is 1.12 bits per heavy atom. The third-order valence-corrected chi connectivity index (χ3v) is 6.39. The normalized spacial score (nSPS) is 22.6. The zero-order chi connectivity index (χ0) is 19.2. The van der Waals surface area contributed by atoms with E-state index >= 15 is 0 Å². The summed E-state index contributed by atoms with van der Waals surface area (Å²) in [6.45, 7) is 1.32. The molecular formula is C18H19F2NO4S. The van der Waals surface area contributed by atoms with E-state index in [0.29, 0.717) is 0 Å². The number of hydrogen-bond donors (Lipinski definition) is 1. The van der Waals surface area contributed by atoms with E-state index < -0.39 is 34.7 Å². The van der Waals surface area contributed by atoms with E-state index in [1.54, 1.807) is 12.1 Å². The zero-order valence-corrected chi connectivity index (χ0v) is 15.1. The lowest BCUT2D eigenvalue weighted by Crippen LogP contribution is -2.46. The van der Waals surface area contributed by atoms with Crippen molar-refractivity contribution in [2.75, 3.05) is 18.0 Å². The largest absolute Gasteiger partial charge is 0.357 e. The van der Waals surface area contributed by atoms with E-state index in [9.17, 15) is 22.3 Å². The number of alkyl halides is 2. The topological polar surface area (TPSA) is 66.8 Å². The van der Waals surface area contributed by atoms with Crippen LogP contribution in [0, 0.1) is 6.92 Å². The number of anilines is 1. The number of aliphatic hydroxyl groups is 1. The number of ether oxygens (including phenoxy) is 1. The summed E-state index contributed by atoms with van der Waals surface area (Å²) in [5.41, 5.74) is 0.552. The molecule has 3 rings (SSSR count). The maximum absolute atomic E-state index is 14.6. The fourth-order valence-electron chi connectivity index (χ4n) is 3.05. The van der Waals surface area contributed by atoms with Crippen LogP contribution in [0.1, 0.15) is 17.5 Å². The summed E-state index contributed by atoms with van der Waals surface area (Å²) >= 11 is 0. The molecule has 1 aliphatic rings. The van der Waals surface area contributed by atoms with Gasteiger partial charge < -0.3 is 9.84 Å². The van der Waals surface area contributed by atoms with Crippen LogP contribution in [-0.4, -0.2) is 33.1 Å². The first kappa shape index (κ1) is 18.8. The van der Waals surface area contributed by atoms with E-state index in [4.69, 9.17) is 4.74 Å². The Morgan fingerprint density at radius 3 is 2.35 bits per heavy atom. The average Bonchev–Trinajstić information content (AvgIpc) is 2.69. The number of sulfonamides is 1. The van der Waals surface area contributed by atoms with Crippen LogP contribution < -0.4 is 4.31 Å². The summed E-state index contributed by atoms with van der Waals surface area (Å²) in [5, 5.41) is 10.5. The summed E-state index contributed by atoms with van der Waals surface area (Å²) in [6.07, 6.45) is -0.892. The van der Waals surface area contributed by atoms with Gasteiger partial charge >= 0.3 is 5.92 Å². The van der Waals surface area contributed by atoms with E-state index in [1.165, 1.54) is 36.4 Å². The molecule has 0 saturated carbocycles.